The van der Waals surface area contributed by atoms with Crippen LogP contribution in [0.2, 0.25) is 0 Å². The predicted octanol–water partition coefficient (Wildman–Crippen LogP) is 1.17. The molecule has 79 heavy (non-hydrogen) atoms. The van der Waals surface area contributed by atoms with Gasteiger partial charge in [0.2, 0.25) is 5.91 Å². The molecule has 0 atom stereocenters. The monoisotopic (exact) mass is 1150 g/mol. The molecule has 0 aliphatic carbocycles. The van der Waals surface area contributed by atoms with Gasteiger partial charge < -0.3 is 51.5 Å². The molecule has 440 valence electrons. The lowest BCUT2D eigenvalue weighted by molar-refractivity contribution is -0.157. The minimum absolute atomic E-state index is 0.0322. The Hall–Kier alpha value is -7.24. The van der Waals surface area contributed by atoms with Gasteiger partial charge in [-0.05, 0) is 96.9 Å². The first-order chi connectivity index (χ1) is 36.4. The van der Waals surface area contributed by atoms with E-state index in [-0.39, 0.29) is 79.0 Å². The Morgan fingerprint density at radius 2 is 0.835 bits per heavy atom. The third-order valence-electron chi connectivity index (χ3n) is 10.4. The number of carbonyl (C=O) groups excluding carboxylic acids is 13. The average molecular weight is 1160 g/mol. The molecule has 5 rings (SSSR count). The number of ether oxygens (including phenoxy) is 4. The van der Waals surface area contributed by atoms with Crippen LogP contribution in [0.25, 0.3) is 0 Å². The summed E-state index contributed by atoms with van der Waals surface area (Å²) in [5.41, 5.74) is 13.1. The highest BCUT2D eigenvalue weighted by Gasteiger charge is 2.35. The largest absolute Gasteiger partial charge is 0.481 e. The van der Waals surface area contributed by atoms with E-state index in [1.54, 1.807) is 76.2 Å². The van der Waals surface area contributed by atoms with Gasteiger partial charge in [0.1, 0.15) is 11.2 Å². The molecule has 0 aromatic rings. The first-order valence-electron chi connectivity index (χ1n) is 24.2. The van der Waals surface area contributed by atoms with Crippen molar-refractivity contribution in [2.24, 2.45) is 11.5 Å². The Balaban J connectivity index is 0.000000954. The third-order valence-corrected chi connectivity index (χ3v) is 12.2. The molecule has 29 heteroatoms. The lowest BCUT2D eigenvalue weighted by atomic mass is 10.2. The number of carboxylic acids is 1. The van der Waals surface area contributed by atoms with Crippen molar-refractivity contribution >= 4 is 107 Å². The van der Waals surface area contributed by atoms with Gasteiger partial charge in [-0.2, -0.15) is 0 Å². The molecule has 1 fully saturated rings. The van der Waals surface area contributed by atoms with Gasteiger partial charge in [-0.25, -0.2) is 19.2 Å². The first kappa shape index (κ1) is 71.8. The van der Waals surface area contributed by atoms with E-state index < -0.39 is 53.2 Å². The Morgan fingerprint density at radius 1 is 0.506 bits per heavy atom. The van der Waals surface area contributed by atoms with Crippen LogP contribution in [-0.2, 0) is 76.5 Å². The highest BCUT2D eigenvalue weighted by atomic mass is 32.2. The molecule has 8 N–H and O–H groups in total. The Kier molecular flexibility index (Phi) is 30.8. The molecule has 1 saturated heterocycles. The number of hydrogen-bond acceptors (Lipinski definition) is 22. The van der Waals surface area contributed by atoms with Gasteiger partial charge in [0.15, 0.2) is 0 Å². The number of alkyl carbamates (subject to hydrolysis) is 2. The van der Waals surface area contributed by atoms with Gasteiger partial charge in [0.25, 0.3) is 35.4 Å². The summed E-state index contributed by atoms with van der Waals surface area (Å²) >= 11 is 2.27. The number of cyclic esters (lactones) is 4. The van der Waals surface area contributed by atoms with Crippen molar-refractivity contribution in [2.45, 2.75) is 108 Å². The summed E-state index contributed by atoms with van der Waals surface area (Å²) in [6.07, 6.45) is -0.976. The molecule has 0 saturated carbocycles. The van der Waals surface area contributed by atoms with E-state index in [1.807, 2.05) is 20.8 Å². The fraction of sp³-hybridized carbons (Fsp3) is 0.560. The van der Waals surface area contributed by atoms with Crippen LogP contribution in [-0.4, -0.2) is 190 Å². The maximum absolute atomic E-state index is 11.7. The number of carbonyl (C=O) groups is 14. The number of thioether (sulfide) groups is 2. The van der Waals surface area contributed by atoms with Crippen LogP contribution in [0, 0.1) is 0 Å². The molecule has 0 unspecified atom stereocenters. The fourth-order valence-electron chi connectivity index (χ4n) is 5.80. The molecule has 5 aliphatic heterocycles. The van der Waals surface area contributed by atoms with Crippen molar-refractivity contribution in [3.05, 3.63) is 44.6 Å². The Labute approximate surface area is 466 Å². The topological polar surface area (TPSA) is 394 Å². The van der Waals surface area contributed by atoms with E-state index in [1.165, 1.54) is 16.7 Å². The number of aliphatic carboxylic acids is 1. The highest BCUT2D eigenvalue weighted by Crippen LogP contribution is 2.21. The fourth-order valence-corrected chi connectivity index (χ4v) is 6.92. The number of nitrogens with zero attached hydrogens (tertiary/aromatic N) is 3. The standard InChI is InChI=1S/C13H20N2O4.C12H16N2O5S.C8H12N2O2.C7H16N2O2.C6H6O3.C4H4O3S/c1-8-9(2)11(17)15(10(8)16)7-6-14-12(18)19-13(3,4)5;1-7-8(2)12(19)14(11(7)18)4-3-13-9(15)5-20-6-10(16)17;1-5-6(2)8(12)10(4-3-9)7(5)11;1-7(2,3)11-6(10)9-5-4-8;1-3-4(2)6(8)9-5(3)7;5-3-1-8-2-4(6)7-3/h6-7H2,1-5H3,(H,14,18);3-6H2,1-2H3,(H,13,15)(H,16,17);3-4,9H2,1-2H3;4-5,8H2,1-3H3,(H,9,10);1-2H3;1-2H2. The van der Waals surface area contributed by atoms with E-state index >= 15 is 0 Å². The van der Waals surface area contributed by atoms with Gasteiger partial charge in [-0.15, -0.1) is 23.5 Å². The summed E-state index contributed by atoms with van der Waals surface area (Å²) in [4.78, 5) is 158. The van der Waals surface area contributed by atoms with Gasteiger partial charge in [-0.3, -0.25) is 62.6 Å². The van der Waals surface area contributed by atoms with Crippen LogP contribution in [0.1, 0.15) is 96.9 Å². The Morgan fingerprint density at radius 3 is 1.10 bits per heavy atom. The number of rotatable bonds is 14. The average Bonchev–Trinajstić information content (AvgIpc) is 3.84. The number of hydrogen-bond donors (Lipinski definition) is 6. The molecular weight excluding hydrogens is 1080 g/mol. The van der Waals surface area contributed by atoms with Crippen molar-refractivity contribution < 1.29 is 91.2 Å². The number of nitrogens with two attached hydrogens (primary N) is 2. The van der Waals surface area contributed by atoms with Crippen molar-refractivity contribution in [3.8, 4) is 0 Å². The Bertz CT molecular complexity index is 2410. The van der Waals surface area contributed by atoms with Crippen LogP contribution < -0.4 is 27.4 Å². The number of esters is 4. The highest BCUT2D eigenvalue weighted by molar-refractivity contribution is 8.00. The maximum atomic E-state index is 11.7. The second-order valence-corrected chi connectivity index (χ2v) is 20.9. The zero-order valence-electron chi connectivity index (χ0n) is 47.1. The molecule has 0 aromatic carbocycles. The van der Waals surface area contributed by atoms with Gasteiger partial charge >= 0.3 is 42.0 Å². The van der Waals surface area contributed by atoms with E-state index in [0.717, 1.165) is 21.6 Å². The summed E-state index contributed by atoms with van der Waals surface area (Å²) in [5.74, 6) is -4.34. The molecule has 5 heterocycles. The smallest absolute Gasteiger partial charge is 0.407 e. The SMILES string of the molecule is CC(C)(C)OC(=O)NCCN.CC1=C(C)C(=O)N(CCN)C1=O.CC1=C(C)C(=O)N(CCNC(=O)CSCC(=O)O)C1=O.CC1=C(C)C(=O)N(CCNC(=O)OC(C)(C)C)C1=O.CC1=C(C)C(=O)OC1=O.O=C1CSCC(=O)O1. The van der Waals surface area contributed by atoms with Crippen molar-refractivity contribution in [2.75, 3.05) is 75.4 Å². The molecule has 0 bridgehead atoms. The molecule has 0 spiro atoms. The zero-order chi connectivity index (χ0) is 61.3. The van der Waals surface area contributed by atoms with Crippen LogP contribution >= 0.6 is 23.5 Å². The van der Waals surface area contributed by atoms with Crippen molar-refractivity contribution in [3.63, 3.8) is 0 Å². The van der Waals surface area contributed by atoms with Crippen LogP contribution in [0.4, 0.5) is 9.59 Å². The molecular formula is C50H74N8O19S2. The van der Waals surface area contributed by atoms with Gasteiger partial charge in [-0.1, -0.05) is 0 Å². The van der Waals surface area contributed by atoms with E-state index in [2.05, 4.69) is 25.4 Å². The number of amides is 9. The summed E-state index contributed by atoms with van der Waals surface area (Å²) in [7, 11) is 0. The first-order valence-corrected chi connectivity index (χ1v) is 26.5. The number of nitrogens with one attached hydrogen (secondary N) is 3. The minimum Gasteiger partial charge on any atom is -0.481 e. The summed E-state index contributed by atoms with van der Waals surface area (Å²) in [5, 5.41) is 16.0. The van der Waals surface area contributed by atoms with Gasteiger partial charge in [0.05, 0.1) is 23.0 Å². The summed E-state index contributed by atoms with van der Waals surface area (Å²) in [6.45, 7) is 25.7. The van der Waals surface area contributed by atoms with Crippen molar-refractivity contribution in [1.29, 1.82) is 0 Å². The summed E-state index contributed by atoms with van der Waals surface area (Å²) in [6, 6.07) is 0. The van der Waals surface area contributed by atoms with Crippen molar-refractivity contribution in [1.82, 2.24) is 30.7 Å². The number of carboxylic acid groups (broad SMARTS) is 1. The second kappa shape index (κ2) is 33.9. The predicted molar refractivity (Wildman–Crippen MR) is 288 cm³/mol. The minimum atomic E-state index is -0.979. The summed E-state index contributed by atoms with van der Waals surface area (Å²) < 4.78 is 18.4. The third kappa shape index (κ3) is 25.9. The maximum Gasteiger partial charge on any atom is 0.407 e. The van der Waals surface area contributed by atoms with E-state index in [4.69, 9.17) is 26.0 Å². The zero-order valence-corrected chi connectivity index (χ0v) is 48.7. The van der Waals surface area contributed by atoms with E-state index in [9.17, 15) is 67.1 Å². The lowest BCUT2D eigenvalue weighted by Crippen LogP contribution is -2.40. The van der Waals surface area contributed by atoms with Crippen LogP contribution in [0.5, 0.6) is 0 Å². The van der Waals surface area contributed by atoms with Crippen LogP contribution in [0.15, 0.2) is 44.6 Å². The molecule has 5 aliphatic rings. The second-order valence-electron chi connectivity index (χ2n) is 19.0. The molecule has 0 radical (unpaired) electrons. The molecule has 0 aromatic heterocycles. The number of imide groups is 3. The normalized spacial score (nSPS) is 16.2. The van der Waals surface area contributed by atoms with E-state index in [0.29, 0.717) is 82.3 Å². The lowest BCUT2D eigenvalue weighted by Gasteiger charge is -2.20. The van der Waals surface area contributed by atoms with Gasteiger partial charge in [0, 0.05) is 96.9 Å². The quantitative estimate of drug-likeness (QED) is 0.0615. The molecule has 9 amide bonds. The molecule has 27 nitrogen and oxygen atoms in total. The van der Waals surface area contributed by atoms with Crippen LogP contribution in [0.3, 0.4) is 0 Å².